The molecule has 1 aliphatic rings. The van der Waals surface area contributed by atoms with Crippen molar-refractivity contribution in [1.82, 2.24) is 0 Å². The van der Waals surface area contributed by atoms with Gasteiger partial charge in [-0.05, 0) is 36.5 Å². The van der Waals surface area contributed by atoms with Crippen LogP contribution in [0.2, 0.25) is 5.02 Å². The SMILES string of the molecule is OC(Cc1ccc(Cl)cc1F)C1CCOCC1. The molecule has 0 radical (unpaired) electrons. The van der Waals surface area contributed by atoms with Gasteiger partial charge in [0.25, 0.3) is 0 Å². The molecule has 0 spiro atoms. The van der Waals surface area contributed by atoms with Gasteiger partial charge in [0, 0.05) is 24.7 Å². The molecule has 0 amide bonds. The van der Waals surface area contributed by atoms with Gasteiger partial charge in [0.05, 0.1) is 6.10 Å². The van der Waals surface area contributed by atoms with E-state index in [0.717, 1.165) is 12.8 Å². The smallest absolute Gasteiger partial charge is 0.127 e. The van der Waals surface area contributed by atoms with Crippen LogP contribution in [0.25, 0.3) is 0 Å². The van der Waals surface area contributed by atoms with Gasteiger partial charge in [0.15, 0.2) is 0 Å². The van der Waals surface area contributed by atoms with Crippen LogP contribution in [0.15, 0.2) is 18.2 Å². The molecular formula is C13H16ClFO2. The number of hydrogen-bond acceptors (Lipinski definition) is 2. The maximum absolute atomic E-state index is 13.6. The van der Waals surface area contributed by atoms with Crippen molar-refractivity contribution >= 4 is 11.6 Å². The van der Waals surface area contributed by atoms with Crippen LogP contribution in [0.3, 0.4) is 0 Å². The third-order valence-corrected chi connectivity index (χ3v) is 3.49. The summed E-state index contributed by atoms with van der Waals surface area (Å²) in [5.41, 5.74) is 0.522. The Morgan fingerprint density at radius 3 is 2.76 bits per heavy atom. The lowest BCUT2D eigenvalue weighted by molar-refractivity contribution is 0.00812. The van der Waals surface area contributed by atoms with Crippen LogP contribution in [-0.2, 0) is 11.2 Å². The van der Waals surface area contributed by atoms with E-state index >= 15 is 0 Å². The Morgan fingerprint density at radius 1 is 1.41 bits per heavy atom. The van der Waals surface area contributed by atoms with Crippen LogP contribution in [-0.4, -0.2) is 24.4 Å². The van der Waals surface area contributed by atoms with E-state index in [9.17, 15) is 9.50 Å². The second kappa shape index (κ2) is 5.80. The van der Waals surface area contributed by atoms with Gasteiger partial charge >= 0.3 is 0 Å². The molecule has 17 heavy (non-hydrogen) atoms. The molecule has 0 bridgehead atoms. The summed E-state index contributed by atoms with van der Waals surface area (Å²) in [5, 5.41) is 10.4. The zero-order chi connectivity index (χ0) is 12.3. The van der Waals surface area contributed by atoms with Crippen LogP contribution in [0, 0.1) is 11.7 Å². The maximum atomic E-state index is 13.6. The minimum atomic E-state index is -0.505. The molecule has 2 nitrogen and oxygen atoms in total. The van der Waals surface area contributed by atoms with Gasteiger partial charge in [-0.1, -0.05) is 17.7 Å². The number of hydrogen-bond donors (Lipinski definition) is 1. The zero-order valence-corrected chi connectivity index (χ0v) is 10.3. The standard InChI is InChI=1S/C13H16ClFO2/c14-11-2-1-10(12(15)8-11)7-13(16)9-3-5-17-6-4-9/h1-2,8-9,13,16H,3-7H2. The van der Waals surface area contributed by atoms with E-state index in [1.165, 1.54) is 6.07 Å². The number of benzene rings is 1. The summed E-state index contributed by atoms with van der Waals surface area (Å²) in [4.78, 5) is 0. The third kappa shape index (κ3) is 3.41. The first-order valence-corrected chi connectivity index (χ1v) is 6.24. The number of rotatable bonds is 3. The lowest BCUT2D eigenvalue weighted by Crippen LogP contribution is -2.29. The molecule has 1 aromatic carbocycles. The Bertz CT molecular complexity index is 378. The van der Waals surface area contributed by atoms with Gasteiger partial charge in [0.1, 0.15) is 5.82 Å². The summed E-state index contributed by atoms with van der Waals surface area (Å²) in [7, 11) is 0. The summed E-state index contributed by atoms with van der Waals surface area (Å²) in [6.07, 6.45) is 1.52. The van der Waals surface area contributed by atoms with Gasteiger partial charge in [-0.15, -0.1) is 0 Å². The summed E-state index contributed by atoms with van der Waals surface area (Å²) in [5.74, 6) is -0.137. The maximum Gasteiger partial charge on any atom is 0.127 e. The summed E-state index contributed by atoms with van der Waals surface area (Å²) < 4.78 is 18.8. The first-order valence-electron chi connectivity index (χ1n) is 5.86. The molecule has 2 rings (SSSR count). The van der Waals surface area contributed by atoms with Gasteiger partial charge in [-0.3, -0.25) is 0 Å². The first-order chi connectivity index (χ1) is 8.16. The fourth-order valence-electron chi connectivity index (χ4n) is 2.18. The topological polar surface area (TPSA) is 29.5 Å². The number of aliphatic hydroxyl groups is 1. The molecule has 94 valence electrons. The second-order valence-corrected chi connectivity index (χ2v) is 4.89. The molecule has 1 aliphatic heterocycles. The minimum Gasteiger partial charge on any atom is -0.392 e. The molecule has 4 heteroatoms. The van der Waals surface area contributed by atoms with Crippen LogP contribution in [0.1, 0.15) is 18.4 Å². The predicted molar refractivity (Wildman–Crippen MR) is 64.7 cm³/mol. The number of halogens is 2. The second-order valence-electron chi connectivity index (χ2n) is 4.46. The predicted octanol–water partition coefficient (Wildman–Crippen LogP) is 2.81. The third-order valence-electron chi connectivity index (χ3n) is 3.25. The van der Waals surface area contributed by atoms with Crippen molar-refractivity contribution in [2.75, 3.05) is 13.2 Å². The van der Waals surface area contributed by atoms with E-state index in [4.69, 9.17) is 16.3 Å². The van der Waals surface area contributed by atoms with E-state index in [1.54, 1.807) is 12.1 Å². The number of aliphatic hydroxyl groups excluding tert-OH is 1. The lowest BCUT2D eigenvalue weighted by Gasteiger charge is -2.26. The average Bonchev–Trinajstić information content (AvgIpc) is 2.34. The van der Waals surface area contributed by atoms with Crippen LogP contribution >= 0.6 is 11.6 Å². The minimum absolute atomic E-state index is 0.207. The Labute approximate surface area is 105 Å². The molecule has 1 heterocycles. The van der Waals surface area contributed by atoms with Crippen molar-refractivity contribution in [2.24, 2.45) is 5.92 Å². The first kappa shape index (κ1) is 12.8. The Kier molecular flexibility index (Phi) is 4.37. The summed E-state index contributed by atoms with van der Waals surface area (Å²) in [6.45, 7) is 1.37. The highest BCUT2D eigenvalue weighted by atomic mass is 35.5. The molecule has 1 N–H and O–H groups in total. The van der Waals surface area contributed by atoms with E-state index in [1.807, 2.05) is 0 Å². The fraction of sp³-hybridized carbons (Fsp3) is 0.538. The largest absolute Gasteiger partial charge is 0.392 e. The van der Waals surface area contributed by atoms with Crippen molar-refractivity contribution in [2.45, 2.75) is 25.4 Å². The highest BCUT2D eigenvalue weighted by Crippen LogP contribution is 2.23. The van der Waals surface area contributed by atoms with Gasteiger partial charge in [-0.2, -0.15) is 0 Å². The van der Waals surface area contributed by atoms with E-state index in [0.29, 0.717) is 30.2 Å². The monoisotopic (exact) mass is 258 g/mol. The van der Waals surface area contributed by atoms with Gasteiger partial charge in [-0.25, -0.2) is 4.39 Å². The lowest BCUT2D eigenvalue weighted by atomic mass is 9.90. The van der Waals surface area contributed by atoms with Crippen LogP contribution in [0.4, 0.5) is 4.39 Å². The Balaban J connectivity index is 1.99. The van der Waals surface area contributed by atoms with E-state index in [2.05, 4.69) is 0 Å². The zero-order valence-electron chi connectivity index (χ0n) is 9.53. The van der Waals surface area contributed by atoms with Crippen LogP contribution in [0.5, 0.6) is 0 Å². The van der Waals surface area contributed by atoms with E-state index in [-0.39, 0.29) is 11.7 Å². The Hall–Kier alpha value is -0.640. The van der Waals surface area contributed by atoms with Crippen LogP contribution < -0.4 is 0 Å². The fourth-order valence-corrected chi connectivity index (χ4v) is 2.34. The quantitative estimate of drug-likeness (QED) is 0.903. The molecule has 1 aromatic rings. The van der Waals surface area contributed by atoms with Gasteiger partial charge < -0.3 is 9.84 Å². The summed E-state index contributed by atoms with van der Waals surface area (Å²) in [6, 6.07) is 4.57. The molecular weight excluding hydrogens is 243 g/mol. The molecule has 0 aliphatic carbocycles. The molecule has 1 saturated heterocycles. The molecule has 1 atom stereocenters. The van der Waals surface area contributed by atoms with Gasteiger partial charge in [0.2, 0.25) is 0 Å². The highest BCUT2D eigenvalue weighted by molar-refractivity contribution is 6.30. The molecule has 0 aromatic heterocycles. The van der Waals surface area contributed by atoms with Crippen molar-refractivity contribution in [3.8, 4) is 0 Å². The van der Waals surface area contributed by atoms with Crippen molar-refractivity contribution < 1.29 is 14.2 Å². The molecule has 0 saturated carbocycles. The van der Waals surface area contributed by atoms with Crippen molar-refractivity contribution in [1.29, 1.82) is 0 Å². The molecule has 1 fully saturated rings. The average molecular weight is 259 g/mol. The highest BCUT2D eigenvalue weighted by Gasteiger charge is 2.23. The van der Waals surface area contributed by atoms with Crippen molar-refractivity contribution in [3.05, 3.63) is 34.6 Å². The van der Waals surface area contributed by atoms with Crippen molar-refractivity contribution in [3.63, 3.8) is 0 Å². The molecule has 1 unspecified atom stereocenters. The van der Waals surface area contributed by atoms with E-state index < -0.39 is 6.10 Å². The normalized spacial score (nSPS) is 19.2. The summed E-state index contributed by atoms with van der Waals surface area (Å²) >= 11 is 5.68. The Morgan fingerprint density at radius 2 is 2.12 bits per heavy atom. The number of ether oxygens (including phenoxy) is 1.